The molecule has 0 N–H and O–H groups in total. The zero-order valence-corrected chi connectivity index (χ0v) is 12.8. The summed E-state index contributed by atoms with van der Waals surface area (Å²) in [5.41, 5.74) is 1.36. The minimum Gasteiger partial charge on any atom is -0.377 e. The van der Waals surface area contributed by atoms with Crippen molar-refractivity contribution in [3.05, 3.63) is 54.9 Å². The minimum atomic E-state index is -0.124. The monoisotopic (exact) mass is 313 g/mol. The molecule has 0 saturated carbocycles. The van der Waals surface area contributed by atoms with Gasteiger partial charge in [-0.25, -0.2) is 4.98 Å². The van der Waals surface area contributed by atoms with Gasteiger partial charge in [0.25, 0.3) is 5.91 Å². The quantitative estimate of drug-likeness (QED) is 0.611. The Morgan fingerprint density at radius 2 is 2.30 bits per heavy atom. The molecule has 0 saturated heterocycles. The van der Waals surface area contributed by atoms with Crippen molar-refractivity contribution >= 4 is 5.91 Å². The summed E-state index contributed by atoms with van der Waals surface area (Å²) in [5.74, 6) is 0.0400. The number of carbonyl (C=O) groups is 1. The Balaban J connectivity index is 1.79. The molecule has 1 amide bonds. The van der Waals surface area contributed by atoms with Crippen molar-refractivity contribution in [2.24, 2.45) is 5.92 Å². The molecule has 3 rings (SSSR count). The highest BCUT2D eigenvalue weighted by Crippen LogP contribution is 2.18. The van der Waals surface area contributed by atoms with Gasteiger partial charge in [0.2, 0.25) is 0 Å². The summed E-state index contributed by atoms with van der Waals surface area (Å²) >= 11 is 0. The minimum absolute atomic E-state index is 0.124. The maximum absolute atomic E-state index is 12.7. The second kappa shape index (κ2) is 7.15. The molecule has 0 unspecified atom stereocenters. The molecule has 0 bridgehead atoms. The highest BCUT2D eigenvalue weighted by Gasteiger charge is 2.27. The van der Waals surface area contributed by atoms with Crippen molar-refractivity contribution in [3.8, 4) is 0 Å². The van der Waals surface area contributed by atoms with Crippen LogP contribution >= 0.6 is 0 Å². The third kappa shape index (κ3) is 3.62. The maximum atomic E-state index is 12.7. The molecule has 23 heavy (non-hydrogen) atoms. The highest BCUT2D eigenvalue weighted by atomic mass is 16.5. The van der Waals surface area contributed by atoms with Crippen LogP contribution in [0.1, 0.15) is 16.2 Å². The highest BCUT2D eigenvalue weighted by molar-refractivity contribution is 5.91. The average molecular weight is 313 g/mol. The fraction of sp³-hybridized carbons (Fsp3) is 0.375. The Bertz CT molecular complexity index is 670. The average Bonchev–Trinajstić information content (AvgIpc) is 2.94. The Kier molecular flexibility index (Phi) is 4.77. The van der Waals surface area contributed by atoms with Crippen molar-refractivity contribution < 1.29 is 9.53 Å². The lowest BCUT2D eigenvalue weighted by molar-refractivity contribution is 0.0631. The summed E-state index contributed by atoms with van der Waals surface area (Å²) in [5, 5.41) is 4.34. The second-order valence-corrected chi connectivity index (χ2v) is 5.47. The van der Waals surface area contributed by atoms with Gasteiger partial charge in [-0.05, 0) is 6.07 Å². The van der Waals surface area contributed by atoms with E-state index in [2.05, 4.69) is 21.6 Å². The normalized spacial score (nSPS) is 17.4. The largest absolute Gasteiger partial charge is 0.377 e. The van der Waals surface area contributed by atoms with E-state index in [4.69, 9.17) is 4.74 Å². The van der Waals surface area contributed by atoms with Gasteiger partial charge >= 0.3 is 0 Å². The molecule has 0 spiro atoms. The lowest BCUT2D eigenvalue weighted by Gasteiger charge is -2.23. The molecule has 7 nitrogen and oxygen atoms in total. The van der Waals surface area contributed by atoms with Crippen molar-refractivity contribution in [2.45, 2.75) is 13.1 Å². The molecular weight excluding hydrogens is 294 g/mol. The molecule has 120 valence electrons. The predicted molar refractivity (Wildman–Crippen MR) is 83.5 cm³/mol. The van der Waals surface area contributed by atoms with Crippen LogP contribution < -0.4 is 0 Å². The first-order valence-electron chi connectivity index (χ1n) is 7.52. The van der Waals surface area contributed by atoms with E-state index in [0.29, 0.717) is 32.0 Å². The molecular formula is C16H19N5O2. The summed E-state index contributed by atoms with van der Waals surface area (Å²) in [7, 11) is 0. The van der Waals surface area contributed by atoms with Gasteiger partial charge in [0, 0.05) is 37.6 Å². The number of ether oxygens (including phenoxy) is 1. The van der Waals surface area contributed by atoms with Crippen LogP contribution in [0.3, 0.4) is 0 Å². The summed E-state index contributed by atoms with van der Waals surface area (Å²) in [6, 6.07) is 1.93. The first-order chi connectivity index (χ1) is 11.3. The number of rotatable bonds is 5. The van der Waals surface area contributed by atoms with Gasteiger partial charge < -0.3 is 9.64 Å². The number of carbonyl (C=O) groups excluding carboxylic acids is 1. The Hall–Kier alpha value is -2.54. The fourth-order valence-corrected chi connectivity index (χ4v) is 2.68. The SMILES string of the molecule is C=CCOC[C@@H]1CN(C(=O)c2cnccn2)Cc2ccnn2C1. The second-order valence-electron chi connectivity index (χ2n) is 5.47. The van der Waals surface area contributed by atoms with E-state index >= 15 is 0 Å². The molecule has 2 aromatic heterocycles. The molecule has 2 aromatic rings. The van der Waals surface area contributed by atoms with Crippen molar-refractivity contribution in [3.63, 3.8) is 0 Å². The number of aromatic nitrogens is 4. The van der Waals surface area contributed by atoms with Crippen LogP contribution in [0.25, 0.3) is 0 Å². The first-order valence-corrected chi connectivity index (χ1v) is 7.52. The molecule has 1 aliphatic rings. The molecule has 0 aromatic carbocycles. The molecule has 0 fully saturated rings. The van der Waals surface area contributed by atoms with Crippen LogP contribution in [-0.2, 0) is 17.8 Å². The Morgan fingerprint density at radius 3 is 3.09 bits per heavy atom. The molecule has 3 heterocycles. The van der Waals surface area contributed by atoms with Gasteiger partial charge in [0.1, 0.15) is 5.69 Å². The van der Waals surface area contributed by atoms with Crippen molar-refractivity contribution in [2.75, 3.05) is 19.8 Å². The third-order valence-electron chi connectivity index (χ3n) is 3.73. The number of fused-ring (bicyclic) bond motifs is 1. The Labute approximate surface area is 134 Å². The first kappa shape index (κ1) is 15.4. The number of hydrogen-bond donors (Lipinski definition) is 0. The van der Waals surface area contributed by atoms with E-state index in [1.165, 1.54) is 12.4 Å². The summed E-state index contributed by atoms with van der Waals surface area (Å²) in [4.78, 5) is 22.6. The van der Waals surface area contributed by atoms with Crippen LogP contribution in [0.4, 0.5) is 0 Å². The van der Waals surface area contributed by atoms with Gasteiger partial charge in [-0.1, -0.05) is 6.08 Å². The van der Waals surface area contributed by atoms with Gasteiger partial charge in [0.05, 0.1) is 31.6 Å². The third-order valence-corrected chi connectivity index (χ3v) is 3.73. The lowest BCUT2D eigenvalue weighted by Crippen LogP contribution is -2.35. The topological polar surface area (TPSA) is 73.1 Å². The summed E-state index contributed by atoms with van der Waals surface area (Å²) in [6.45, 7) is 6.53. The summed E-state index contributed by atoms with van der Waals surface area (Å²) < 4.78 is 7.51. The molecule has 0 aliphatic carbocycles. The number of amides is 1. The molecule has 1 aliphatic heterocycles. The van der Waals surface area contributed by atoms with Crippen molar-refractivity contribution in [1.29, 1.82) is 0 Å². The van der Waals surface area contributed by atoms with Crippen LogP contribution in [0, 0.1) is 5.92 Å². The lowest BCUT2D eigenvalue weighted by atomic mass is 10.1. The smallest absolute Gasteiger partial charge is 0.274 e. The molecule has 1 atom stereocenters. The van der Waals surface area contributed by atoms with Gasteiger partial charge in [-0.2, -0.15) is 5.10 Å². The van der Waals surface area contributed by atoms with Crippen LogP contribution in [0.2, 0.25) is 0 Å². The van der Waals surface area contributed by atoms with Crippen LogP contribution in [0.15, 0.2) is 43.5 Å². The van der Waals surface area contributed by atoms with E-state index in [0.717, 1.165) is 12.2 Å². The van der Waals surface area contributed by atoms with E-state index in [1.54, 1.807) is 23.4 Å². The van der Waals surface area contributed by atoms with Crippen LogP contribution in [-0.4, -0.2) is 50.3 Å². The number of nitrogens with zero attached hydrogens (tertiary/aromatic N) is 5. The van der Waals surface area contributed by atoms with Gasteiger partial charge in [0.15, 0.2) is 0 Å². The number of hydrogen-bond acceptors (Lipinski definition) is 5. The zero-order chi connectivity index (χ0) is 16.1. The zero-order valence-electron chi connectivity index (χ0n) is 12.8. The van der Waals surface area contributed by atoms with Gasteiger partial charge in [-0.15, -0.1) is 6.58 Å². The van der Waals surface area contributed by atoms with Crippen molar-refractivity contribution in [1.82, 2.24) is 24.6 Å². The predicted octanol–water partition coefficient (Wildman–Crippen LogP) is 1.15. The molecule has 0 radical (unpaired) electrons. The van der Waals surface area contributed by atoms with E-state index < -0.39 is 0 Å². The Morgan fingerprint density at radius 1 is 1.39 bits per heavy atom. The molecule has 7 heteroatoms. The van der Waals surface area contributed by atoms with E-state index in [1.807, 2.05) is 10.7 Å². The van der Waals surface area contributed by atoms with Crippen LogP contribution in [0.5, 0.6) is 0 Å². The maximum Gasteiger partial charge on any atom is 0.274 e. The van der Waals surface area contributed by atoms with E-state index in [9.17, 15) is 4.79 Å². The summed E-state index contributed by atoms with van der Waals surface area (Å²) in [6.07, 6.45) is 8.06. The van der Waals surface area contributed by atoms with Gasteiger partial charge in [-0.3, -0.25) is 14.5 Å². The fourth-order valence-electron chi connectivity index (χ4n) is 2.68. The van der Waals surface area contributed by atoms with E-state index in [-0.39, 0.29) is 11.8 Å². The standard InChI is InChI=1S/C16H19N5O2/c1-2-7-23-12-13-9-20(11-14-3-4-19-21(14)10-13)16(22)15-8-17-5-6-18-15/h2-6,8,13H,1,7,9-12H2/t13-/m1/s1.